The fraction of sp³-hybridized carbons (Fsp3) is 0.524. The van der Waals surface area contributed by atoms with Crippen LogP contribution >= 0.6 is 0 Å². The standard InChI is InChI=1S/C18H24N4O2.C3H8/c1-13-15(12-22(2)21-13)11-20-18(23)14-3-5-16(6-4-14)24-17-7-9-19-10-8-17;1-3-2/h3-6,12,17,19H,7-11H2,1-2H3,(H,20,23);3H2,1-2H3. The van der Waals surface area contributed by atoms with Gasteiger partial charge in [0.2, 0.25) is 0 Å². The van der Waals surface area contributed by atoms with Crippen LogP contribution in [0.15, 0.2) is 30.5 Å². The molecule has 3 rings (SSSR count). The maximum absolute atomic E-state index is 12.2. The van der Waals surface area contributed by atoms with Gasteiger partial charge in [-0.05, 0) is 57.1 Å². The molecule has 1 amide bonds. The number of nitrogens with one attached hydrogen (secondary N) is 2. The van der Waals surface area contributed by atoms with Crippen molar-refractivity contribution in [1.29, 1.82) is 0 Å². The molecule has 6 nitrogen and oxygen atoms in total. The number of rotatable bonds is 5. The number of aryl methyl sites for hydroxylation is 2. The van der Waals surface area contributed by atoms with E-state index in [1.165, 1.54) is 6.42 Å². The van der Waals surface area contributed by atoms with Gasteiger partial charge >= 0.3 is 0 Å². The van der Waals surface area contributed by atoms with Gasteiger partial charge in [0, 0.05) is 30.9 Å². The Hall–Kier alpha value is -2.34. The van der Waals surface area contributed by atoms with Gasteiger partial charge in [0.05, 0.1) is 5.69 Å². The Labute approximate surface area is 162 Å². The molecule has 0 aliphatic carbocycles. The van der Waals surface area contributed by atoms with E-state index in [4.69, 9.17) is 4.74 Å². The quantitative estimate of drug-likeness (QED) is 0.846. The Morgan fingerprint density at radius 2 is 1.89 bits per heavy atom. The molecule has 0 atom stereocenters. The Morgan fingerprint density at radius 1 is 1.26 bits per heavy atom. The minimum absolute atomic E-state index is 0.0910. The summed E-state index contributed by atoms with van der Waals surface area (Å²) < 4.78 is 7.71. The molecule has 2 heterocycles. The Morgan fingerprint density at radius 3 is 2.44 bits per heavy atom. The zero-order valence-electron chi connectivity index (χ0n) is 16.9. The maximum atomic E-state index is 12.2. The number of hydrogen-bond donors (Lipinski definition) is 2. The van der Waals surface area contributed by atoms with Crippen LogP contribution in [0, 0.1) is 6.92 Å². The fourth-order valence-electron chi connectivity index (χ4n) is 2.89. The first-order chi connectivity index (χ1) is 13.0. The molecule has 1 aliphatic rings. The largest absolute Gasteiger partial charge is 0.490 e. The number of amides is 1. The molecule has 0 radical (unpaired) electrons. The first-order valence-electron chi connectivity index (χ1n) is 9.78. The third kappa shape index (κ3) is 6.71. The monoisotopic (exact) mass is 372 g/mol. The van der Waals surface area contributed by atoms with Crippen molar-refractivity contribution in [3.63, 3.8) is 0 Å². The van der Waals surface area contributed by atoms with E-state index in [0.717, 1.165) is 42.9 Å². The molecule has 1 saturated heterocycles. The summed E-state index contributed by atoms with van der Waals surface area (Å²) in [5.41, 5.74) is 2.59. The van der Waals surface area contributed by atoms with Crippen LogP contribution in [0.4, 0.5) is 0 Å². The molecule has 0 unspecified atom stereocenters. The summed E-state index contributed by atoms with van der Waals surface area (Å²) >= 11 is 0. The summed E-state index contributed by atoms with van der Waals surface area (Å²) in [6.45, 7) is 8.66. The zero-order chi connectivity index (χ0) is 19.6. The Balaban J connectivity index is 0.000000817. The molecule has 2 aromatic rings. The lowest BCUT2D eigenvalue weighted by molar-refractivity contribution is 0.0951. The summed E-state index contributed by atoms with van der Waals surface area (Å²) in [6, 6.07) is 7.35. The number of benzene rings is 1. The van der Waals surface area contributed by atoms with Gasteiger partial charge in [0.1, 0.15) is 11.9 Å². The van der Waals surface area contributed by atoms with Gasteiger partial charge in [0.15, 0.2) is 0 Å². The Kier molecular flexibility index (Phi) is 8.33. The first-order valence-corrected chi connectivity index (χ1v) is 9.78. The van der Waals surface area contributed by atoms with Crippen LogP contribution in [-0.2, 0) is 13.6 Å². The lowest BCUT2D eigenvalue weighted by Gasteiger charge is -2.23. The van der Waals surface area contributed by atoms with Crippen molar-refractivity contribution in [2.24, 2.45) is 7.05 Å². The van der Waals surface area contributed by atoms with Gasteiger partial charge in [-0.1, -0.05) is 20.3 Å². The summed E-state index contributed by atoms with van der Waals surface area (Å²) in [5.74, 6) is 0.730. The number of aromatic nitrogens is 2. The van der Waals surface area contributed by atoms with E-state index in [0.29, 0.717) is 12.1 Å². The van der Waals surface area contributed by atoms with Crippen molar-refractivity contribution in [2.45, 2.75) is 52.7 Å². The summed E-state index contributed by atoms with van der Waals surface area (Å²) in [5, 5.41) is 10.5. The molecular formula is C21H32N4O2. The number of carbonyl (C=O) groups is 1. The van der Waals surface area contributed by atoms with E-state index in [9.17, 15) is 4.79 Å². The molecule has 1 aliphatic heterocycles. The minimum Gasteiger partial charge on any atom is -0.490 e. The van der Waals surface area contributed by atoms with E-state index in [1.54, 1.807) is 4.68 Å². The summed E-state index contributed by atoms with van der Waals surface area (Å²) in [4.78, 5) is 12.2. The normalized spacial score (nSPS) is 14.2. The SMILES string of the molecule is CCC.Cc1nn(C)cc1CNC(=O)c1ccc(OC2CCNCC2)cc1. The number of nitrogens with zero attached hydrogens (tertiary/aromatic N) is 2. The third-order valence-corrected chi connectivity index (χ3v) is 4.26. The lowest BCUT2D eigenvalue weighted by atomic mass is 10.1. The van der Waals surface area contributed by atoms with Crippen molar-refractivity contribution in [3.05, 3.63) is 47.3 Å². The molecule has 0 saturated carbocycles. The van der Waals surface area contributed by atoms with E-state index in [1.807, 2.05) is 44.4 Å². The van der Waals surface area contributed by atoms with Crippen LogP contribution in [-0.4, -0.2) is 34.9 Å². The first kappa shape index (κ1) is 21.0. The molecule has 2 N–H and O–H groups in total. The van der Waals surface area contributed by atoms with E-state index in [2.05, 4.69) is 29.6 Å². The van der Waals surface area contributed by atoms with Crippen LogP contribution in [0.1, 0.15) is 54.7 Å². The van der Waals surface area contributed by atoms with Crippen LogP contribution in [0.5, 0.6) is 5.75 Å². The van der Waals surface area contributed by atoms with Crippen molar-refractivity contribution < 1.29 is 9.53 Å². The van der Waals surface area contributed by atoms with E-state index < -0.39 is 0 Å². The highest BCUT2D eigenvalue weighted by molar-refractivity contribution is 5.94. The van der Waals surface area contributed by atoms with Crippen LogP contribution in [0.25, 0.3) is 0 Å². The van der Waals surface area contributed by atoms with Crippen molar-refractivity contribution in [1.82, 2.24) is 20.4 Å². The second kappa shape index (κ2) is 10.7. The summed E-state index contributed by atoms with van der Waals surface area (Å²) in [6.07, 6.45) is 5.48. The van der Waals surface area contributed by atoms with Gasteiger partial charge in [0.25, 0.3) is 5.91 Å². The van der Waals surface area contributed by atoms with Crippen LogP contribution in [0.3, 0.4) is 0 Å². The van der Waals surface area contributed by atoms with Crippen molar-refractivity contribution >= 4 is 5.91 Å². The molecule has 27 heavy (non-hydrogen) atoms. The smallest absolute Gasteiger partial charge is 0.251 e. The van der Waals surface area contributed by atoms with Crippen molar-refractivity contribution in [3.8, 4) is 5.75 Å². The predicted molar refractivity (Wildman–Crippen MR) is 108 cm³/mol. The second-order valence-corrected chi connectivity index (χ2v) is 6.89. The molecule has 6 heteroatoms. The van der Waals surface area contributed by atoms with E-state index >= 15 is 0 Å². The highest BCUT2D eigenvalue weighted by Crippen LogP contribution is 2.17. The molecular weight excluding hydrogens is 340 g/mol. The van der Waals surface area contributed by atoms with Gasteiger partial charge < -0.3 is 15.4 Å². The molecule has 1 aromatic carbocycles. The average molecular weight is 373 g/mol. The molecule has 1 fully saturated rings. The van der Waals surface area contributed by atoms with Gasteiger partial charge in [-0.25, -0.2) is 0 Å². The molecule has 1 aromatic heterocycles. The fourth-order valence-corrected chi connectivity index (χ4v) is 2.89. The highest BCUT2D eigenvalue weighted by Gasteiger charge is 2.14. The average Bonchev–Trinajstić information content (AvgIpc) is 2.99. The molecule has 0 spiro atoms. The molecule has 148 valence electrons. The maximum Gasteiger partial charge on any atom is 0.251 e. The second-order valence-electron chi connectivity index (χ2n) is 6.89. The minimum atomic E-state index is -0.0910. The lowest BCUT2D eigenvalue weighted by Crippen LogP contribution is -2.34. The van der Waals surface area contributed by atoms with Crippen molar-refractivity contribution in [2.75, 3.05) is 13.1 Å². The topological polar surface area (TPSA) is 68.2 Å². The summed E-state index contributed by atoms with van der Waals surface area (Å²) in [7, 11) is 1.87. The van der Waals surface area contributed by atoms with E-state index in [-0.39, 0.29) is 12.0 Å². The van der Waals surface area contributed by atoms with Gasteiger partial charge in [-0.3, -0.25) is 9.48 Å². The number of carbonyl (C=O) groups excluding carboxylic acids is 1. The van der Waals surface area contributed by atoms with Gasteiger partial charge in [-0.15, -0.1) is 0 Å². The van der Waals surface area contributed by atoms with Gasteiger partial charge in [-0.2, -0.15) is 5.10 Å². The zero-order valence-corrected chi connectivity index (χ0v) is 16.9. The highest BCUT2D eigenvalue weighted by atomic mass is 16.5. The number of hydrogen-bond acceptors (Lipinski definition) is 4. The molecule has 0 bridgehead atoms. The van der Waals surface area contributed by atoms with Crippen LogP contribution < -0.4 is 15.4 Å². The number of ether oxygens (including phenoxy) is 1. The Bertz CT molecular complexity index is 703. The third-order valence-electron chi connectivity index (χ3n) is 4.26. The van der Waals surface area contributed by atoms with Crippen LogP contribution in [0.2, 0.25) is 0 Å². The number of piperidine rings is 1. The predicted octanol–water partition coefficient (Wildman–Crippen LogP) is 3.21.